The highest BCUT2D eigenvalue weighted by Gasteiger charge is 2.36. The van der Waals surface area contributed by atoms with E-state index in [1.165, 1.54) is 43.3 Å². The lowest BCUT2D eigenvalue weighted by Crippen LogP contribution is -2.14. The molecule has 23 heavy (non-hydrogen) atoms. The summed E-state index contributed by atoms with van der Waals surface area (Å²) in [7, 11) is -1.02. The summed E-state index contributed by atoms with van der Waals surface area (Å²) >= 11 is 0. The largest absolute Gasteiger partial charge is 0.462 e. The second-order valence-electron chi connectivity index (χ2n) is 6.46. The van der Waals surface area contributed by atoms with Gasteiger partial charge in [0.15, 0.2) is 0 Å². The Bertz CT molecular complexity index is 453. The molecule has 0 saturated heterocycles. The summed E-state index contributed by atoms with van der Waals surface area (Å²) in [6.07, 6.45) is 9.72. The van der Waals surface area contributed by atoms with Crippen molar-refractivity contribution in [3.8, 4) is 0 Å². The first-order valence-corrected chi connectivity index (χ1v) is 11.8. The number of hydrogen-bond donors (Lipinski definition) is 0. The Morgan fingerprint density at radius 2 is 1.48 bits per heavy atom. The lowest BCUT2D eigenvalue weighted by Gasteiger charge is -2.27. The van der Waals surface area contributed by atoms with Gasteiger partial charge in [0.25, 0.3) is 0 Å². The van der Waals surface area contributed by atoms with E-state index < -0.39 is 7.26 Å². The third-order valence-electron chi connectivity index (χ3n) is 4.27. The highest BCUT2D eigenvalue weighted by Crippen LogP contribution is 2.62. The summed E-state index contributed by atoms with van der Waals surface area (Å²) in [5, 5.41) is 0. The van der Waals surface area contributed by atoms with Crippen LogP contribution in [0.3, 0.4) is 0 Å². The molecule has 0 atom stereocenters. The fourth-order valence-corrected chi connectivity index (χ4v) is 8.48. The molecule has 1 rings (SSSR count). The first-order chi connectivity index (χ1) is 11.1. The highest BCUT2D eigenvalue weighted by molar-refractivity contribution is 7.75. The smallest absolute Gasteiger partial charge is 0.338 e. The van der Waals surface area contributed by atoms with Crippen LogP contribution in [0.15, 0.2) is 24.3 Å². The summed E-state index contributed by atoms with van der Waals surface area (Å²) in [5.74, 6) is -0.148. The van der Waals surface area contributed by atoms with Crippen LogP contribution >= 0.6 is 7.26 Å². The molecule has 0 fully saturated rings. The molecule has 0 aromatic heterocycles. The molecule has 0 amide bonds. The van der Waals surface area contributed by atoms with E-state index in [0.29, 0.717) is 6.61 Å². The predicted molar refractivity (Wildman–Crippen MR) is 103 cm³/mol. The van der Waals surface area contributed by atoms with Crippen LogP contribution in [0.4, 0.5) is 0 Å². The average Bonchev–Trinajstić information content (AvgIpc) is 2.54. The van der Waals surface area contributed by atoms with E-state index in [-0.39, 0.29) is 5.97 Å². The van der Waals surface area contributed by atoms with E-state index in [1.54, 1.807) is 0 Å². The molecule has 3 heteroatoms. The van der Waals surface area contributed by atoms with Crippen molar-refractivity contribution >= 4 is 13.2 Å². The van der Waals surface area contributed by atoms with Crippen LogP contribution in [0.25, 0.3) is 0 Å². The van der Waals surface area contributed by atoms with Gasteiger partial charge in [-0.05, 0) is 31.7 Å². The van der Waals surface area contributed by atoms with Crippen LogP contribution in [0.2, 0.25) is 0 Å². The van der Waals surface area contributed by atoms with Crippen LogP contribution in [0.5, 0.6) is 0 Å². The normalized spacial score (nSPS) is 11.5. The van der Waals surface area contributed by atoms with Gasteiger partial charge in [-0.25, -0.2) is 4.79 Å². The van der Waals surface area contributed by atoms with Gasteiger partial charge < -0.3 is 4.74 Å². The van der Waals surface area contributed by atoms with E-state index in [4.69, 9.17) is 4.74 Å². The van der Waals surface area contributed by atoms with Crippen molar-refractivity contribution in [2.75, 3.05) is 25.1 Å². The van der Waals surface area contributed by atoms with Gasteiger partial charge in [-0.15, -0.1) is 0 Å². The van der Waals surface area contributed by atoms with E-state index in [1.807, 2.05) is 19.1 Å². The third-order valence-corrected chi connectivity index (χ3v) is 9.47. The van der Waals surface area contributed by atoms with Gasteiger partial charge in [0.2, 0.25) is 0 Å². The molecule has 0 aliphatic carbocycles. The maximum atomic E-state index is 12.4. The number of ether oxygens (including phenoxy) is 1. The molecule has 0 unspecified atom stereocenters. The molecule has 0 radical (unpaired) electrons. The van der Waals surface area contributed by atoms with Crippen molar-refractivity contribution in [1.29, 1.82) is 0 Å². The quantitative estimate of drug-likeness (QED) is 0.365. The number of hydrogen-bond acceptors (Lipinski definition) is 2. The van der Waals surface area contributed by atoms with Gasteiger partial charge >= 0.3 is 5.97 Å². The van der Waals surface area contributed by atoms with E-state index in [0.717, 1.165) is 18.1 Å². The van der Waals surface area contributed by atoms with Crippen molar-refractivity contribution < 1.29 is 9.53 Å². The Kier molecular flexibility index (Phi) is 9.48. The van der Waals surface area contributed by atoms with Gasteiger partial charge in [0.1, 0.15) is 0 Å². The zero-order valence-corrected chi connectivity index (χ0v) is 16.3. The lowest BCUT2D eigenvalue weighted by atomic mass is 10.1. The summed E-state index contributed by atoms with van der Waals surface area (Å²) in [4.78, 5) is 12.4. The molecule has 1 aromatic carbocycles. The van der Waals surface area contributed by atoms with Crippen molar-refractivity contribution in [1.82, 2.24) is 0 Å². The summed E-state index contributed by atoms with van der Waals surface area (Å²) < 4.78 is 5.39. The molecule has 0 N–H and O–H groups in total. The maximum absolute atomic E-state index is 12.4. The van der Waals surface area contributed by atoms with Crippen molar-refractivity contribution in [2.24, 2.45) is 0 Å². The van der Waals surface area contributed by atoms with Gasteiger partial charge in [-0.1, -0.05) is 45.9 Å². The number of carbonyl (C=O) groups is 1. The minimum atomic E-state index is -1.02. The average molecular weight is 337 g/mol. The molecule has 0 aliphatic rings. The standard InChI is InChI=1S/C20H34O2P/c1-5-13-22-20(21)19-12-10-9-11-18(19)17-23(14-6-2,15-7-3)16-8-4/h9-12H,5-8,13-17H2,1-4H3/q+1. The van der Waals surface area contributed by atoms with Gasteiger partial charge in [0.05, 0.1) is 36.8 Å². The first kappa shape index (κ1) is 20.2. The molecule has 1 aromatic rings. The molecule has 0 heterocycles. The van der Waals surface area contributed by atoms with Crippen LogP contribution < -0.4 is 0 Å². The maximum Gasteiger partial charge on any atom is 0.338 e. The van der Waals surface area contributed by atoms with Crippen LogP contribution in [-0.2, 0) is 10.9 Å². The summed E-state index contributed by atoms with van der Waals surface area (Å²) in [5.41, 5.74) is 1.99. The molecule has 0 spiro atoms. The van der Waals surface area contributed by atoms with E-state index >= 15 is 0 Å². The fraction of sp³-hybridized carbons (Fsp3) is 0.650. The second-order valence-corrected chi connectivity index (χ2v) is 10.8. The Balaban J connectivity index is 3.05. The van der Waals surface area contributed by atoms with Gasteiger partial charge in [0, 0.05) is 12.8 Å². The molecule has 0 aliphatic heterocycles. The minimum absolute atomic E-state index is 0.148. The zero-order chi connectivity index (χ0) is 17.1. The summed E-state index contributed by atoms with van der Waals surface area (Å²) in [6.45, 7) is 9.41. The Morgan fingerprint density at radius 3 is 2.00 bits per heavy atom. The van der Waals surface area contributed by atoms with Gasteiger partial charge in [-0.2, -0.15) is 0 Å². The SMILES string of the molecule is CCCOC(=O)c1ccccc1C[P+](CCC)(CCC)CCC. The molecule has 130 valence electrons. The number of benzene rings is 1. The van der Waals surface area contributed by atoms with Crippen LogP contribution in [0.1, 0.15) is 69.3 Å². The molecular formula is C20H34O2P+. The third kappa shape index (κ3) is 6.26. The lowest BCUT2D eigenvalue weighted by molar-refractivity contribution is 0.0504. The van der Waals surface area contributed by atoms with Crippen molar-refractivity contribution in [3.63, 3.8) is 0 Å². The zero-order valence-electron chi connectivity index (χ0n) is 15.4. The molecular weight excluding hydrogens is 303 g/mol. The number of carbonyl (C=O) groups excluding carboxylic acids is 1. The second kappa shape index (κ2) is 10.8. The Labute approximate surface area is 143 Å². The minimum Gasteiger partial charge on any atom is -0.462 e. The summed E-state index contributed by atoms with van der Waals surface area (Å²) in [6, 6.07) is 8.08. The highest BCUT2D eigenvalue weighted by atomic mass is 31.2. The fourth-order valence-electron chi connectivity index (χ4n) is 3.49. The molecule has 0 saturated carbocycles. The van der Waals surface area contributed by atoms with Crippen LogP contribution in [0, 0.1) is 0 Å². The number of rotatable bonds is 11. The first-order valence-electron chi connectivity index (χ1n) is 9.22. The topological polar surface area (TPSA) is 26.3 Å². The molecule has 0 bridgehead atoms. The van der Waals surface area contributed by atoms with Gasteiger partial charge in [-0.3, -0.25) is 0 Å². The van der Waals surface area contributed by atoms with E-state index in [2.05, 4.69) is 32.9 Å². The molecule has 2 nitrogen and oxygen atoms in total. The monoisotopic (exact) mass is 337 g/mol. The Morgan fingerprint density at radius 1 is 0.913 bits per heavy atom. The van der Waals surface area contributed by atoms with Crippen LogP contribution in [-0.4, -0.2) is 31.1 Å². The predicted octanol–water partition coefficient (Wildman–Crippen LogP) is 6.00. The van der Waals surface area contributed by atoms with E-state index in [9.17, 15) is 4.79 Å². The Hall–Kier alpha value is -0.880. The van der Waals surface area contributed by atoms with Crippen molar-refractivity contribution in [2.45, 2.75) is 59.5 Å². The number of esters is 1. The van der Waals surface area contributed by atoms with Crippen molar-refractivity contribution in [3.05, 3.63) is 35.4 Å².